The van der Waals surface area contributed by atoms with Gasteiger partial charge in [0.05, 0.1) is 34.7 Å². The molecule has 1 N–H and O–H groups in total. The number of benzene rings is 1. The first kappa shape index (κ1) is 33.0. The smallest absolute Gasteiger partial charge is 0.417 e. The van der Waals surface area contributed by atoms with Gasteiger partial charge >= 0.3 is 6.18 Å². The van der Waals surface area contributed by atoms with Crippen molar-refractivity contribution in [1.29, 1.82) is 0 Å². The van der Waals surface area contributed by atoms with E-state index >= 15 is 0 Å². The van der Waals surface area contributed by atoms with Gasteiger partial charge in [-0.2, -0.15) is 13.2 Å². The molecule has 1 saturated heterocycles. The van der Waals surface area contributed by atoms with Crippen molar-refractivity contribution in [3.05, 3.63) is 70.5 Å². The summed E-state index contributed by atoms with van der Waals surface area (Å²) in [6.07, 6.45) is -2.55. The van der Waals surface area contributed by atoms with Crippen LogP contribution in [0.2, 0.25) is 5.02 Å². The molecule has 9 nitrogen and oxygen atoms in total. The summed E-state index contributed by atoms with van der Waals surface area (Å²) in [5.74, 6) is -0.689. The number of amides is 2. The highest BCUT2D eigenvalue weighted by Crippen LogP contribution is 2.36. The van der Waals surface area contributed by atoms with Crippen molar-refractivity contribution < 1.29 is 27.5 Å². The Morgan fingerprint density at radius 1 is 1.14 bits per heavy atom. The molecule has 1 aromatic carbocycles. The molecule has 1 aliphatic rings. The monoisotopic (exact) mass is 632 g/mol. The average molecular weight is 633 g/mol. The lowest BCUT2D eigenvalue weighted by molar-refractivity contribution is -0.138. The maximum absolute atomic E-state index is 13.8. The first-order valence-corrected chi connectivity index (χ1v) is 14.8. The lowest BCUT2D eigenvalue weighted by atomic mass is 10.0. The van der Waals surface area contributed by atoms with E-state index in [9.17, 15) is 22.8 Å². The van der Waals surface area contributed by atoms with E-state index in [1.54, 1.807) is 18.3 Å². The van der Waals surface area contributed by atoms with E-state index in [1.807, 2.05) is 49.9 Å². The molecule has 0 aliphatic carbocycles. The highest BCUT2D eigenvalue weighted by Gasteiger charge is 2.38. The van der Waals surface area contributed by atoms with Gasteiger partial charge in [-0.05, 0) is 69.9 Å². The van der Waals surface area contributed by atoms with Crippen LogP contribution in [0, 0.1) is 0 Å². The van der Waals surface area contributed by atoms with Gasteiger partial charge in [-0.1, -0.05) is 18.5 Å². The fourth-order valence-electron chi connectivity index (χ4n) is 5.13. The summed E-state index contributed by atoms with van der Waals surface area (Å²) < 4.78 is 47.0. The highest BCUT2D eigenvalue weighted by molar-refractivity contribution is 6.30. The number of hydrogen-bond donors (Lipinski definition) is 1. The molecule has 1 unspecified atom stereocenters. The number of carbonyl (C=O) groups is 2. The molecular formula is C31H36ClF3N6O3. The Labute approximate surface area is 260 Å². The van der Waals surface area contributed by atoms with E-state index in [0.717, 1.165) is 12.1 Å². The predicted molar refractivity (Wildman–Crippen MR) is 163 cm³/mol. The third kappa shape index (κ3) is 7.59. The van der Waals surface area contributed by atoms with Crippen LogP contribution in [0.25, 0.3) is 11.3 Å². The molecule has 2 amide bonds. The number of carbonyl (C=O) groups excluding carboxylic acids is 2. The van der Waals surface area contributed by atoms with E-state index in [1.165, 1.54) is 11.0 Å². The number of pyridine rings is 2. The summed E-state index contributed by atoms with van der Waals surface area (Å²) in [4.78, 5) is 41.4. The van der Waals surface area contributed by atoms with E-state index in [-0.39, 0.29) is 42.3 Å². The number of aromatic nitrogens is 2. The Morgan fingerprint density at radius 2 is 1.91 bits per heavy atom. The van der Waals surface area contributed by atoms with Gasteiger partial charge in [-0.3, -0.25) is 9.59 Å². The largest absolute Gasteiger partial charge is 0.477 e. The first-order valence-electron chi connectivity index (χ1n) is 14.4. The van der Waals surface area contributed by atoms with Crippen molar-refractivity contribution in [2.45, 2.75) is 32.5 Å². The minimum absolute atomic E-state index is 0.0999. The second-order valence-corrected chi connectivity index (χ2v) is 11.0. The van der Waals surface area contributed by atoms with Crippen LogP contribution in [0.3, 0.4) is 0 Å². The molecule has 3 aromatic rings. The SMILES string of the molecule is CCOc1ncccc1-c1ccc(N2CCN(C(=O)c3ccc(Cl)cc3C(F)(F)F)CC2CC)c(C(=O)NCCN(C)C)n1. The molecule has 1 fully saturated rings. The van der Waals surface area contributed by atoms with Gasteiger partial charge < -0.3 is 24.8 Å². The van der Waals surface area contributed by atoms with Gasteiger partial charge in [0, 0.05) is 50.0 Å². The summed E-state index contributed by atoms with van der Waals surface area (Å²) in [7, 11) is 3.81. The molecule has 13 heteroatoms. The molecular weight excluding hydrogens is 597 g/mol. The summed E-state index contributed by atoms with van der Waals surface area (Å²) >= 11 is 5.82. The molecule has 236 valence electrons. The fraction of sp³-hybridized carbons (Fsp3) is 0.419. The Hall–Kier alpha value is -3.90. The van der Waals surface area contributed by atoms with Crippen molar-refractivity contribution in [2.24, 2.45) is 0 Å². The van der Waals surface area contributed by atoms with Crippen molar-refractivity contribution in [1.82, 2.24) is 25.1 Å². The lowest BCUT2D eigenvalue weighted by Crippen LogP contribution is -2.55. The van der Waals surface area contributed by atoms with Gasteiger partial charge in [0.15, 0.2) is 5.69 Å². The summed E-state index contributed by atoms with van der Waals surface area (Å²) in [6.45, 7) is 5.81. The van der Waals surface area contributed by atoms with Crippen molar-refractivity contribution >= 4 is 29.1 Å². The van der Waals surface area contributed by atoms with Crippen LogP contribution >= 0.6 is 11.6 Å². The number of nitrogens with zero attached hydrogens (tertiary/aromatic N) is 5. The minimum atomic E-state index is -4.74. The molecule has 1 aliphatic heterocycles. The van der Waals surface area contributed by atoms with Crippen LogP contribution in [0.1, 0.15) is 46.7 Å². The summed E-state index contributed by atoms with van der Waals surface area (Å²) in [5, 5.41) is 2.84. The van der Waals surface area contributed by atoms with E-state index in [4.69, 9.17) is 21.3 Å². The first-order chi connectivity index (χ1) is 20.9. The van der Waals surface area contributed by atoms with Crippen LogP contribution in [0.5, 0.6) is 5.88 Å². The standard InChI is InChI=1S/C31H36ClF3N6O3/c1-5-21-19-40(30(43)22-10-9-20(32)18-24(22)31(33,34)35)16-17-41(21)26-12-11-25(23-8-7-13-37-29(23)44-6-2)38-27(26)28(42)36-14-15-39(3)4/h7-13,18,21H,5-6,14-17,19H2,1-4H3,(H,36,42). The van der Waals surface area contributed by atoms with Crippen LogP contribution < -0.4 is 15.0 Å². The molecule has 1 atom stereocenters. The number of hydrogen-bond acceptors (Lipinski definition) is 7. The topological polar surface area (TPSA) is 90.9 Å². The predicted octanol–water partition coefficient (Wildman–Crippen LogP) is 5.25. The van der Waals surface area contributed by atoms with Crippen molar-refractivity contribution in [2.75, 3.05) is 58.3 Å². The van der Waals surface area contributed by atoms with Crippen molar-refractivity contribution in [3.8, 4) is 17.1 Å². The second-order valence-electron chi connectivity index (χ2n) is 10.6. The number of anilines is 1. The van der Waals surface area contributed by atoms with E-state index in [2.05, 4.69) is 10.3 Å². The third-order valence-electron chi connectivity index (χ3n) is 7.33. The summed E-state index contributed by atoms with van der Waals surface area (Å²) in [6, 6.07) is 10.1. The zero-order valence-corrected chi connectivity index (χ0v) is 25.9. The van der Waals surface area contributed by atoms with Crippen LogP contribution in [0.15, 0.2) is 48.7 Å². The quantitative estimate of drug-likeness (QED) is 0.327. The number of alkyl halides is 3. The molecule has 0 saturated carbocycles. The van der Waals surface area contributed by atoms with Gasteiger partial charge in [-0.25, -0.2) is 9.97 Å². The zero-order chi connectivity index (χ0) is 32.0. The average Bonchev–Trinajstić information content (AvgIpc) is 3.00. The molecule has 0 radical (unpaired) electrons. The number of likely N-dealkylation sites (N-methyl/N-ethyl adjacent to an activating group) is 1. The lowest BCUT2D eigenvalue weighted by Gasteiger charge is -2.43. The van der Waals surface area contributed by atoms with E-state index < -0.39 is 23.2 Å². The molecule has 44 heavy (non-hydrogen) atoms. The third-order valence-corrected chi connectivity index (χ3v) is 7.56. The molecule has 4 rings (SSSR count). The molecule has 0 spiro atoms. The van der Waals surface area contributed by atoms with Gasteiger partial charge in [0.2, 0.25) is 5.88 Å². The number of rotatable bonds is 10. The van der Waals surface area contributed by atoms with Gasteiger partial charge in [-0.15, -0.1) is 0 Å². The normalized spacial score (nSPS) is 15.4. The molecule has 0 bridgehead atoms. The fourth-order valence-corrected chi connectivity index (χ4v) is 5.30. The Bertz CT molecular complexity index is 1490. The van der Waals surface area contributed by atoms with Gasteiger partial charge in [0.1, 0.15) is 0 Å². The Balaban J connectivity index is 1.67. The maximum Gasteiger partial charge on any atom is 0.417 e. The number of halogens is 4. The summed E-state index contributed by atoms with van der Waals surface area (Å²) in [5.41, 5.74) is 0.395. The van der Waals surface area contributed by atoms with Crippen LogP contribution in [-0.4, -0.2) is 91.0 Å². The van der Waals surface area contributed by atoms with Crippen molar-refractivity contribution in [3.63, 3.8) is 0 Å². The van der Waals surface area contributed by atoms with E-state index in [0.29, 0.717) is 48.9 Å². The number of piperazine rings is 1. The zero-order valence-electron chi connectivity index (χ0n) is 25.1. The number of ether oxygens (including phenoxy) is 1. The Kier molecular flexibility index (Phi) is 10.7. The van der Waals surface area contributed by atoms with Gasteiger partial charge in [0.25, 0.3) is 11.8 Å². The number of nitrogens with one attached hydrogen (secondary N) is 1. The minimum Gasteiger partial charge on any atom is -0.477 e. The van der Waals surface area contributed by atoms with Crippen LogP contribution in [0.4, 0.5) is 18.9 Å². The Morgan fingerprint density at radius 3 is 2.59 bits per heavy atom. The van der Waals surface area contributed by atoms with Crippen LogP contribution in [-0.2, 0) is 6.18 Å². The molecule has 3 heterocycles. The maximum atomic E-state index is 13.8. The highest BCUT2D eigenvalue weighted by atomic mass is 35.5. The second kappa shape index (κ2) is 14.3. The molecule has 2 aromatic heterocycles.